The molecule has 2 aromatic rings. The fourth-order valence-corrected chi connectivity index (χ4v) is 7.88. The average molecular weight is 617 g/mol. The van der Waals surface area contributed by atoms with Crippen molar-refractivity contribution in [2.45, 2.75) is 69.3 Å². The number of hydrogen-bond acceptors (Lipinski definition) is 7. The van der Waals surface area contributed by atoms with Gasteiger partial charge in [-0.25, -0.2) is 8.42 Å². The number of Topliss-reactive ketones (excluding diaryl/α,β-unsaturated/α-hetero) is 1. The van der Waals surface area contributed by atoms with Crippen LogP contribution in [0, 0.1) is 5.92 Å². The van der Waals surface area contributed by atoms with Crippen LogP contribution in [0.3, 0.4) is 0 Å². The van der Waals surface area contributed by atoms with Crippen molar-refractivity contribution in [3.8, 4) is 0 Å². The first-order valence-electron chi connectivity index (χ1n) is 14.6. The Morgan fingerprint density at radius 1 is 1.00 bits per heavy atom. The number of halogens is 1. The third kappa shape index (κ3) is 8.63. The number of carbonyl (C=O) groups excluding carboxylic acids is 3. The molecule has 42 heavy (non-hydrogen) atoms. The summed E-state index contributed by atoms with van der Waals surface area (Å²) in [6.45, 7) is 1.64. The molecule has 0 aliphatic carbocycles. The lowest BCUT2D eigenvalue weighted by Gasteiger charge is -2.31. The zero-order valence-corrected chi connectivity index (χ0v) is 25.5. The molecule has 0 aromatic heterocycles. The van der Waals surface area contributed by atoms with Crippen LogP contribution in [-0.4, -0.2) is 73.3 Å². The van der Waals surface area contributed by atoms with E-state index < -0.39 is 39.5 Å². The Morgan fingerprint density at radius 3 is 2.40 bits per heavy atom. The van der Waals surface area contributed by atoms with Crippen LogP contribution >= 0.6 is 11.6 Å². The monoisotopic (exact) mass is 616 g/mol. The molecule has 2 fully saturated rings. The molecule has 2 aromatic carbocycles. The molecule has 0 radical (unpaired) electrons. The Labute approximate surface area is 253 Å². The molecule has 2 aliphatic heterocycles. The van der Waals surface area contributed by atoms with Gasteiger partial charge in [-0.15, -0.1) is 0 Å². The van der Waals surface area contributed by atoms with Gasteiger partial charge in [-0.1, -0.05) is 48.0 Å². The molecule has 2 heterocycles. The van der Waals surface area contributed by atoms with Crippen molar-refractivity contribution in [2.75, 3.05) is 25.4 Å². The number of rotatable bonds is 12. The quantitative estimate of drug-likeness (QED) is 0.373. The van der Waals surface area contributed by atoms with E-state index in [0.29, 0.717) is 36.6 Å². The largest absolute Gasteiger partial charge is 0.343 e. The second-order valence-electron chi connectivity index (χ2n) is 11.5. The summed E-state index contributed by atoms with van der Waals surface area (Å²) in [5.41, 5.74) is 14.5. The Balaban J connectivity index is 1.52. The van der Waals surface area contributed by atoms with Crippen LogP contribution in [0.1, 0.15) is 55.2 Å². The number of ketones is 1. The Morgan fingerprint density at radius 2 is 1.71 bits per heavy atom. The van der Waals surface area contributed by atoms with Crippen LogP contribution in [0.4, 0.5) is 0 Å². The minimum Gasteiger partial charge on any atom is -0.343 e. The number of benzene rings is 2. The smallest absolute Gasteiger partial charge is 0.227 e. The van der Waals surface area contributed by atoms with Gasteiger partial charge in [0.2, 0.25) is 11.8 Å². The molecule has 3 atom stereocenters. The van der Waals surface area contributed by atoms with E-state index in [1.54, 1.807) is 47.4 Å². The molecule has 0 bridgehead atoms. The standard InChI is InChI=1S/C31H41ClN4O5S/c32-26-11-9-24(18-33)23(15-26)10-12-29(37)28-17-27(34)19-36(28)31(39)25(16-30(38)35-13-5-2-6-14-35)21-42(40,41)20-22-7-3-1-4-8-22/h1,3-4,7-9,11,15,25,27-28H,2,5-6,10,12-14,16-21,33-34H2/t25-,27+,28-/m0/s1. The summed E-state index contributed by atoms with van der Waals surface area (Å²) in [4.78, 5) is 43.9. The Bertz CT molecular complexity index is 1360. The number of carbonyl (C=O) groups is 3. The van der Waals surface area contributed by atoms with Crippen molar-refractivity contribution in [1.82, 2.24) is 9.80 Å². The highest BCUT2D eigenvalue weighted by molar-refractivity contribution is 7.90. The van der Waals surface area contributed by atoms with Crippen molar-refractivity contribution in [1.29, 1.82) is 0 Å². The maximum atomic E-state index is 14.0. The summed E-state index contributed by atoms with van der Waals surface area (Å²) < 4.78 is 26.6. The summed E-state index contributed by atoms with van der Waals surface area (Å²) >= 11 is 6.16. The third-order valence-electron chi connectivity index (χ3n) is 8.18. The van der Waals surface area contributed by atoms with Gasteiger partial charge in [0.25, 0.3) is 0 Å². The van der Waals surface area contributed by atoms with Gasteiger partial charge in [-0.05, 0) is 60.9 Å². The van der Waals surface area contributed by atoms with Crippen molar-refractivity contribution < 1.29 is 22.8 Å². The zero-order chi connectivity index (χ0) is 30.3. The first-order valence-corrected chi connectivity index (χ1v) is 16.8. The number of aryl methyl sites for hydroxylation is 1. The molecule has 4 rings (SSSR count). The second-order valence-corrected chi connectivity index (χ2v) is 14.0. The summed E-state index contributed by atoms with van der Waals surface area (Å²) in [5.74, 6) is -2.72. The molecule has 2 aliphatic rings. The van der Waals surface area contributed by atoms with E-state index in [0.717, 1.165) is 30.4 Å². The fraction of sp³-hybridized carbons (Fsp3) is 0.516. The van der Waals surface area contributed by atoms with Gasteiger partial charge >= 0.3 is 0 Å². The highest BCUT2D eigenvalue weighted by atomic mass is 35.5. The van der Waals surface area contributed by atoms with Crippen LogP contribution in [0.15, 0.2) is 48.5 Å². The van der Waals surface area contributed by atoms with Crippen LogP contribution in [-0.2, 0) is 42.9 Å². The van der Waals surface area contributed by atoms with E-state index in [-0.39, 0.29) is 43.3 Å². The molecular weight excluding hydrogens is 576 g/mol. The Kier molecular flexibility index (Phi) is 11.2. The third-order valence-corrected chi connectivity index (χ3v) is 10.1. The van der Waals surface area contributed by atoms with Crippen molar-refractivity contribution in [3.05, 3.63) is 70.2 Å². The summed E-state index contributed by atoms with van der Waals surface area (Å²) in [6, 6.07) is 12.9. The topological polar surface area (TPSA) is 144 Å². The number of hydrogen-bond donors (Lipinski definition) is 2. The predicted octanol–water partition coefficient (Wildman–Crippen LogP) is 2.86. The minimum atomic E-state index is -3.75. The predicted molar refractivity (Wildman–Crippen MR) is 163 cm³/mol. The summed E-state index contributed by atoms with van der Waals surface area (Å²) in [7, 11) is -3.75. The zero-order valence-electron chi connectivity index (χ0n) is 23.9. The maximum Gasteiger partial charge on any atom is 0.227 e. The molecule has 0 unspecified atom stereocenters. The molecule has 0 saturated carbocycles. The fourth-order valence-electron chi connectivity index (χ4n) is 6.00. The second kappa shape index (κ2) is 14.6. The van der Waals surface area contributed by atoms with Gasteiger partial charge in [-0.2, -0.15) is 0 Å². The van der Waals surface area contributed by atoms with Crippen LogP contribution < -0.4 is 11.5 Å². The lowest BCUT2D eigenvalue weighted by atomic mass is 9.97. The van der Waals surface area contributed by atoms with Crippen molar-refractivity contribution >= 4 is 39.0 Å². The molecular formula is C31H41ClN4O5S. The molecule has 0 spiro atoms. The van der Waals surface area contributed by atoms with Gasteiger partial charge in [0.1, 0.15) is 0 Å². The maximum absolute atomic E-state index is 14.0. The van der Waals surface area contributed by atoms with Gasteiger partial charge in [-0.3, -0.25) is 14.4 Å². The van der Waals surface area contributed by atoms with E-state index >= 15 is 0 Å². The van der Waals surface area contributed by atoms with E-state index in [9.17, 15) is 22.8 Å². The molecule has 2 amide bonds. The number of piperidine rings is 1. The number of amides is 2. The molecule has 2 saturated heterocycles. The average Bonchev–Trinajstić information content (AvgIpc) is 3.37. The van der Waals surface area contributed by atoms with E-state index in [4.69, 9.17) is 23.1 Å². The number of nitrogens with two attached hydrogens (primary N) is 2. The summed E-state index contributed by atoms with van der Waals surface area (Å²) in [5, 5.41) is 0.548. The normalized spacial score (nSPS) is 20.0. The van der Waals surface area contributed by atoms with E-state index in [1.807, 2.05) is 6.07 Å². The molecule has 11 heteroatoms. The molecule has 228 valence electrons. The van der Waals surface area contributed by atoms with Gasteiger partial charge in [0.15, 0.2) is 15.6 Å². The van der Waals surface area contributed by atoms with Gasteiger partial charge in [0, 0.05) is 50.1 Å². The molecule has 9 nitrogen and oxygen atoms in total. The van der Waals surface area contributed by atoms with Crippen LogP contribution in [0.25, 0.3) is 0 Å². The van der Waals surface area contributed by atoms with Crippen molar-refractivity contribution in [3.63, 3.8) is 0 Å². The lowest BCUT2D eigenvalue weighted by Crippen LogP contribution is -2.47. The highest BCUT2D eigenvalue weighted by Gasteiger charge is 2.42. The minimum absolute atomic E-state index is 0.133. The number of nitrogens with zero attached hydrogens (tertiary/aromatic N) is 2. The summed E-state index contributed by atoms with van der Waals surface area (Å²) in [6.07, 6.45) is 3.42. The highest BCUT2D eigenvalue weighted by Crippen LogP contribution is 2.26. The van der Waals surface area contributed by atoms with Crippen LogP contribution in [0.5, 0.6) is 0 Å². The molecule has 4 N–H and O–H groups in total. The van der Waals surface area contributed by atoms with Gasteiger partial charge in [0.05, 0.1) is 23.5 Å². The van der Waals surface area contributed by atoms with Gasteiger partial charge < -0.3 is 21.3 Å². The first-order chi connectivity index (χ1) is 20.1. The SMILES string of the molecule is NCc1ccc(Cl)cc1CCC(=O)[C@@H]1C[C@@H](N)CN1C(=O)[C@@H](CC(=O)N1CCCCC1)CS(=O)(=O)Cc1ccccc1. The first kappa shape index (κ1) is 32.1. The number of sulfone groups is 1. The van der Waals surface area contributed by atoms with Crippen LogP contribution in [0.2, 0.25) is 5.02 Å². The Hall–Kier alpha value is -2.79. The van der Waals surface area contributed by atoms with Crippen molar-refractivity contribution in [2.24, 2.45) is 17.4 Å². The number of likely N-dealkylation sites (tertiary alicyclic amines) is 2. The van der Waals surface area contributed by atoms with E-state index in [2.05, 4.69) is 0 Å². The lowest BCUT2D eigenvalue weighted by molar-refractivity contribution is -0.143. The van der Waals surface area contributed by atoms with E-state index in [1.165, 1.54) is 4.90 Å².